The third kappa shape index (κ3) is 2.79. The van der Waals surface area contributed by atoms with E-state index in [1.807, 2.05) is 6.92 Å². The molecule has 1 aliphatic rings. The summed E-state index contributed by atoms with van der Waals surface area (Å²) < 4.78 is 18.3. The maximum absolute atomic E-state index is 13.0. The third-order valence-corrected chi connectivity index (χ3v) is 3.27. The van der Waals surface area contributed by atoms with Crippen LogP contribution in [0.4, 0.5) is 10.1 Å². The zero-order valence-corrected chi connectivity index (χ0v) is 10.1. The molecule has 1 heterocycles. The SMILES string of the molecule is CC(Nc1ccc(F)cc1C(=O)O)C1CCOC1. The quantitative estimate of drug-likeness (QED) is 0.864. The molecule has 2 atom stereocenters. The predicted molar refractivity (Wildman–Crippen MR) is 65.4 cm³/mol. The minimum atomic E-state index is -1.13. The smallest absolute Gasteiger partial charge is 0.337 e. The Labute approximate surface area is 105 Å². The van der Waals surface area contributed by atoms with Gasteiger partial charge in [-0.15, -0.1) is 0 Å². The summed E-state index contributed by atoms with van der Waals surface area (Å²) in [5, 5.41) is 12.2. The van der Waals surface area contributed by atoms with Gasteiger partial charge in [0.15, 0.2) is 0 Å². The summed E-state index contributed by atoms with van der Waals surface area (Å²) in [7, 11) is 0. The van der Waals surface area contributed by atoms with Gasteiger partial charge in [-0.2, -0.15) is 0 Å². The number of carboxylic acid groups (broad SMARTS) is 1. The lowest BCUT2D eigenvalue weighted by molar-refractivity contribution is 0.0697. The molecule has 1 aromatic rings. The Morgan fingerprint density at radius 3 is 3.00 bits per heavy atom. The van der Waals surface area contributed by atoms with Gasteiger partial charge in [0, 0.05) is 24.3 Å². The van der Waals surface area contributed by atoms with Crippen molar-refractivity contribution in [2.24, 2.45) is 5.92 Å². The first-order chi connectivity index (χ1) is 8.58. The van der Waals surface area contributed by atoms with Gasteiger partial charge in [-0.3, -0.25) is 0 Å². The summed E-state index contributed by atoms with van der Waals surface area (Å²) in [6.07, 6.45) is 0.956. The second-order valence-electron chi connectivity index (χ2n) is 4.55. The van der Waals surface area contributed by atoms with Gasteiger partial charge in [-0.25, -0.2) is 9.18 Å². The molecule has 0 spiro atoms. The van der Waals surface area contributed by atoms with E-state index in [9.17, 15) is 9.18 Å². The average Bonchev–Trinajstić information content (AvgIpc) is 2.84. The van der Waals surface area contributed by atoms with Gasteiger partial charge in [-0.05, 0) is 31.5 Å². The Morgan fingerprint density at radius 1 is 1.61 bits per heavy atom. The summed E-state index contributed by atoms with van der Waals surface area (Å²) in [6, 6.07) is 3.84. The highest BCUT2D eigenvalue weighted by Crippen LogP contribution is 2.23. The van der Waals surface area contributed by atoms with Crippen molar-refractivity contribution < 1.29 is 19.0 Å². The fourth-order valence-corrected chi connectivity index (χ4v) is 2.13. The molecular weight excluding hydrogens is 237 g/mol. The van der Waals surface area contributed by atoms with Crippen molar-refractivity contribution in [1.29, 1.82) is 0 Å². The molecule has 1 fully saturated rings. The topological polar surface area (TPSA) is 58.6 Å². The van der Waals surface area contributed by atoms with Crippen LogP contribution in [0.5, 0.6) is 0 Å². The van der Waals surface area contributed by atoms with E-state index < -0.39 is 11.8 Å². The summed E-state index contributed by atoms with van der Waals surface area (Å²) >= 11 is 0. The average molecular weight is 253 g/mol. The lowest BCUT2D eigenvalue weighted by Crippen LogP contribution is -2.27. The van der Waals surface area contributed by atoms with Gasteiger partial charge in [0.25, 0.3) is 0 Å². The van der Waals surface area contributed by atoms with E-state index >= 15 is 0 Å². The highest BCUT2D eigenvalue weighted by atomic mass is 19.1. The van der Waals surface area contributed by atoms with Gasteiger partial charge in [0.05, 0.1) is 12.2 Å². The first-order valence-corrected chi connectivity index (χ1v) is 5.95. The van der Waals surface area contributed by atoms with Crippen molar-refractivity contribution in [2.75, 3.05) is 18.5 Å². The molecule has 98 valence electrons. The number of carbonyl (C=O) groups is 1. The normalized spacial score (nSPS) is 20.7. The van der Waals surface area contributed by atoms with Gasteiger partial charge in [-0.1, -0.05) is 0 Å². The van der Waals surface area contributed by atoms with Crippen LogP contribution in [0.1, 0.15) is 23.7 Å². The van der Waals surface area contributed by atoms with Crippen LogP contribution >= 0.6 is 0 Å². The molecule has 18 heavy (non-hydrogen) atoms. The molecule has 4 nitrogen and oxygen atoms in total. The highest BCUT2D eigenvalue weighted by molar-refractivity contribution is 5.94. The number of ether oxygens (including phenoxy) is 1. The van der Waals surface area contributed by atoms with Crippen LogP contribution < -0.4 is 5.32 Å². The van der Waals surface area contributed by atoms with Crippen LogP contribution in [0.15, 0.2) is 18.2 Å². The predicted octanol–water partition coefficient (Wildman–Crippen LogP) is 2.36. The number of aromatic carboxylic acids is 1. The fraction of sp³-hybridized carbons (Fsp3) is 0.462. The van der Waals surface area contributed by atoms with Gasteiger partial charge in [0.2, 0.25) is 0 Å². The Balaban J connectivity index is 2.15. The second-order valence-corrected chi connectivity index (χ2v) is 4.55. The summed E-state index contributed by atoms with van der Waals surface area (Å²) in [5.41, 5.74) is 0.407. The van der Waals surface area contributed by atoms with E-state index in [0.717, 1.165) is 19.1 Å². The number of anilines is 1. The number of halogens is 1. The van der Waals surface area contributed by atoms with E-state index in [2.05, 4.69) is 5.32 Å². The number of benzene rings is 1. The van der Waals surface area contributed by atoms with Gasteiger partial charge in [0.1, 0.15) is 5.82 Å². The molecule has 0 radical (unpaired) electrons. The lowest BCUT2D eigenvalue weighted by Gasteiger charge is -2.21. The van der Waals surface area contributed by atoms with E-state index in [1.165, 1.54) is 12.1 Å². The summed E-state index contributed by atoms with van der Waals surface area (Å²) in [6.45, 7) is 3.40. The van der Waals surface area contributed by atoms with Crippen LogP contribution in [0.3, 0.4) is 0 Å². The van der Waals surface area contributed by atoms with Crippen molar-refractivity contribution in [3.05, 3.63) is 29.6 Å². The van der Waals surface area contributed by atoms with Crippen molar-refractivity contribution in [3.63, 3.8) is 0 Å². The van der Waals surface area contributed by atoms with E-state index in [-0.39, 0.29) is 11.6 Å². The van der Waals surface area contributed by atoms with Crippen LogP contribution in [-0.4, -0.2) is 30.3 Å². The molecule has 1 saturated heterocycles. The molecule has 0 bridgehead atoms. The molecule has 1 aliphatic heterocycles. The Kier molecular flexibility index (Phi) is 3.81. The molecule has 1 aromatic carbocycles. The summed E-state index contributed by atoms with van der Waals surface area (Å²) in [5.74, 6) is -1.32. The minimum absolute atomic E-state index is 0.0410. The highest BCUT2D eigenvalue weighted by Gasteiger charge is 2.23. The molecule has 5 heteroatoms. The van der Waals surface area contributed by atoms with Crippen molar-refractivity contribution in [1.82, 2.24) is 0 Å². The zero-order valence-electron chi connectivity index (χ0n) is 10.1. The maximum atomic E-state index is 13.0. The van der Waals surface area contributed by atoms with Crippen LogP contribution in [0, 0.1) is 11.7 Å². The number of rotatable bonds is 4. The molecule has 0 amide bonds. The van der Waals surface area contributed by atoms with Crippen LogP contribution in [0.25, 0.3) is 0 Å². The fourth-order valence-electron chi connectivity index (χ4n) is 2.13. The third-order valence-electron chi connectivity index (χ3n) is 3.27. The Morgan fingerprint density at radius 2 is 2.39 bits per heavy atom. The number of hydrogen-bond acceptors (Lipinski definition) is 3. The van der Waals surface area contributed by atoms with Crippen LogP contribution in [0.2, 0.25) is 0 Å². The van der Waals surface area contributed by atoms with E-state index in [4.69, 9.17) is 9.84 Å². The number of nitrogens with one attached hydrogen (secondary N) is 1. The lowest BCUT2D eigenvalue weighted by atomic mass is 10.00. The molecular formula is C13H16FNO3. The molecule has 0 aliphatic carbocycles. The molecule has 2 unspecified atom stereocenters. The first kappa shape index (κ1) is 12.8. The van der Waals surface area contributed by atoms with Crippen molar-refractivity contribution >= 4 is 11.7 Å². The first-order valence-electron chi connectivity index (χ1n) is 5.95. The van der Waals surface area contributed by atoms with Crippen LogP contribution in [-0.2, 0) is 4.74 Å². The van der Waals surface area contributed by atoms with E-state index in [0.29, 0.717) is 18.2 Å². The largest absolute Gasteiger partial charge is 0.478 e. The van der Waals surface area contributed by atoms with Gasteiger partial charge < -0.3 is 15.2 Å². The molecule has 2 rings (SSSR count). The van der Waals surface area contributed by atoms with Crippen molar-refractivity contribution in [2.45, 2.75) is 19.4 Å². The molecule has 0 saturated carbocycles. The molecule has 2 N–H and O–H groups in total. The standard InChI is InChI=1S/C13H16FNO3/c1-8(9-4-5-18-7-9)15-12-3-2-10(14)6-11(12)13(16)17/h2-3,6,8-9,15H,4-5,7H2,1H3,(H,16,17). The Hall–Kier alpha value is -1.62. The van der Waals surface area contributed by atoms with Crippen molar-refractivity contribution in [3.8, 4) is 0 Å². The van der Waals surface area contributed by atoms with E-state index in [1.54, 1.807) is 0 Å². The summed E-state index contributed by atoms with van der Waals surface area (Å²) in [4.78, 5) is 11.0. The second kappa shape index (κ2) is 5.35. The van der Waals surface area contributed by atoms with Gasteiger partial charge >= 0.3 is 5.97 Å². The molecule has 0 aromatic heterocycles. The zero-order chi connectivity index (χ0) is 13.1. The number of carboxylic acids is 1. The number of hydrogen-bond donors (Lipinski definition) is 2. The minimum Gasteiger partial charge on any atom is -0.478 e. The maximum Gasteiger partial charge on any atom is 0.337 e. The Bertz CT molecular complexity index is 444. The monoisotopic (exact) mass is 253 g/mol.